The number of nitrogens with one attached hydrogen (secondary N) is 2. The average molecular weight is 944 g/mol. The number of rotatable bonds is 14. The molecule has 8 aliphatic rings. The van der Waals surface area contributed by atoms with Gasteiger partial charge in [-0.15, -0.1) is 0 Å². The zero-order valence-electron chi connectivity index (χ0n) is 40.4. The smallest absolute Gasteiger partial charge is 0.315 e. The first-order valence-electron chi connectivity index (χ1n) is 25.1. The number of Topliss-reactive ketones (excluding diaryl/α,β-unsaturated/α-hetero) is 1. The Morgan fingerprint density at radius 1 is 0.879 bits per heavy atom. The summed E-state index contributed by atoms with van der Waals surface area (Å²) >= 11 is 1.90. The van der Waals surface area contributed by atoms with Crippen molar-refractivity contribution < 1.29 is 57.1 Å². The molecule has 3 aliphatic carbocycles. The number of methoxy groups -OCH3 is 3. The molecular formula is C50H77N3O12S. The molecule has 1 saturated carbocycles. The van der Waals surface area contributed by atoms with Gasteiger partial charge in [-0.05, 0) is 101 Å². The first kappa shape index (κ1) is 49.8. The fourth-order valence-electron chi connectivity index (χ4n) is 12.9. The minimum Gasteiger partial charge on any atom is -0.462 e. The summed E-state index contributed by atoms with van der Waals surface area (Å²) in [6.07, 6.45) is 12.4. The molecule has 66 heavy (non-hydrogen) atoms. The van der Waals surface area contributed by atoms with Crippen molar-refractivity contribution in [3.8, 4) is 0 Å². The number of thioether (sulfide) groups is 1. The van der Waals surface area contributed by atoms with E-state index in [1.807, 2.05) is 44.5 Å². The van der Waals surface area contributed by atoms with Gasteiger partial charge in [-0.25, -0.2) is 4.79 Å². The Kier molecular flexibility index (Phi) is 16.6. The van der Waals surface area contributed by atoms with E-state index in [0.29, 0.717) is 30.9 Å². The van der Waals surface area contributed by atoms with Crippen LogP contribution in [0, 0.1) is 35.5 Å². The molecule has 5 aliphatic heterocycles. The molecule has 16 heteroatoms. The van der Waals surface area contributed by atoms with Crippen LogP contribution < -0.4 is 10.6 Å². The molecule has 8 rings (SSSR count). The van der Waals surface area contributed by atoms with Crippen LogP contribution in [0.3, 0.4) is 0 Å². The molecule has 2 N–H and O–H groups in total. The van der Waals surface area contributed by atoms with Crippen LogP contribution in [0.25, 0.3) is 0 Å². The van der Waals surface area contributed by atoms with Crippen molar-refractivity contribution in [2.24, 2.45) is 35.5 Å². The van der Waals surface area contributed by atoms with Crippen LogP contribution in [0.1, 0.15) is 111 Å². The number of likely N-dealkylation sites (N-methyl/N-ethyl adjacent to an activating group) is 1. The van der Waals surface area contributed by atoms with E-state index in [4.69, 9.17) is 37.9 Å². The number of urea groups is 1. The fourth-order valence-corrected chi connectivity index (χ4v) is 14.4. The number of allylic oxidation sites excluding steroid dienone is 4. The van der Waals surface area contributed by atoms with Gasteiger partial charge in [0.05, 0.1) is 49.0 Å². The van der Waals surface area contributed by atoms with Crippen LogP contribution in [0.5, 0.6) is 0 Å². The largest absolute Gasteiger partial charge is 0.462 e. The molecule has 0 aromatic heterocycles. The minimum absolute atomic E-state index is 0.00367. The van der Waals surface area contributed by atoms with Crippen LogP contribution in [0.15, 0.2) is 23.8 Å². The lowest BCUT2D eigenvalue weighted by molar-refractivity contribution is -0.314. The van der Waals surface area contributed by atoms with Gasteiger partial charge in [0.1, 0.15) is 24.4 Å². The first-order valence-corrected chi connectivity index (χ1v) is 26.1. The Labute approximate surface area is 396 Å². The SMILES string of the molecule is CC[C@H]1CCC[C@H](O[C@H]2CC[C@H](N(C)C(=O)CCCCC3SC[C@@H]4NC(=O)N[C@H]34)C(C)O2)[C@@H](C)C(=O)C2=C[C@@H]3[C@@H](C=C[C@@H]4C[C@@H](O[C@@H]5OC(C)[C@H](OC)C(OC)C5OC)C[C@@H]34)[C@@H]2CC(=O)O1. The van der Waals surface area contributed by atoms with Crippen molar-refractivity contribution in [1.29, 1.82) is 0 Å². The Balaban J connectivity index is 0.895. The molecule has 5 heterocycles. The molecule has 0 spiro atoms. The minimum atomic E-state index is -0.623. The Hall–Kier alpha value is -2.57. The van der Waals surface area contributed by atoms with Gasteiger partial charge < -0.3 is 53.4 Å². The van der Waals surface area contributed by atoms with E-state index in [1.165, 1.54) is 0 Å². The Bertz CT molecular complexity index is 1780. The maximum Gasteiger partial charge on any atom is 0.315 e. The summed E-state index contributed by atoms with van der Waals surface area (Å²) in [6, 6.07) is 0.238. The van der Waals surface area contributed by atoms with E-state index in [1.54, 1.807) is 21.3 Å². The predicted molar refractivity (Wildman–Crippen MR) is 247 cm³/mol. The second kappa shape index (κ2) is 22.0. The van der Waals surface area contributed by atoms with Crippen LogP contribution >= 0.6 is 11.8 Å². The molecular weight excluding hydrogens is 867 g/mol. The van der Waals surface area contributed by atoms with E-state index >= 15 is 0 Å². The van der Waals surface area contributed by atoms with Gasteiger partial charge in [0, 0.05) is 64.1 Å². The lowest BCUT2D eigenvalue weighted by atomic mass is 9.70. The van der Waals surface area contributed by atoms with E-state index in [0.717, 1.165) is 62.7 Å². The highest BCUT2D eigenvalue weighted by molar-refractivity contribution is 8.00. The lowest BCUT2D eigenvalue weighted by Gasteiger charge is -2.44. The van der Waals surface area contributed by atoms with Gasteiger partial charge in [-0.2, -0.15) is 11.8 Å². The molecule has 3 amide bonds. The maximum atomic E-state index is 14.9. The van der Waals surface area contributed by atoms with E-state index < -0.39 is 30.7 Å². The zero-order chi connectivity index (χ0) is 46.8. The number of hydrogen-bond donors (Lipinski definition) is 2. The topological polar surface area (TPSA) is 169 Å². The molecule has 0 aromatic rings. The first-order chi connectivity index (χ1) is 31.8. The summed E-state index contributed by atoms with van der Waals surface area (Å²) in [4.78, 5) is 55.6. The highest BCUT2D eigenvalue weighted by atomic mass is 32.2. The van der Waals surface area contributed by atoms with Crippen molar-refractivity contribution >= 4 is 35.5 Å². The summed E-state index contributed by atoms with van der Waals surface area (Å²) < 4.78 is 50.0. The predicted octanol–water partition coefficient (Wildman–Crippen LogP) is 6.11. The Morgan fingerprint density at radius 2 is 1.67 bits per heavy atom. The number of carbonyl (C=O) groups excluding carboxylic acids is 4. The average Bonchev–Trinajstić information content (AvgIpc) is 4.08. The van der Waals surface area contributed by atoms with E-state index in [2.05, 4.69) is 35.8 Å². The maximum absolute atomic E-state index is 14.9. The number of ketones is 1. The molecule has 370 valence electrons. The highest BCUT2D eigenvalue weighted by Gasteiger charge is 2.53. The number of amides is 3. The van der Waals surface area contributed by atoms with Crippen LogP contribution in [-0.4, -0.2) is 148 Å². The van der Waals surface area contributed by atoms with E-state index in [-0.39, 0.29) is 114 Å². The molecule has 5 saturated heterocycles. The summed E-state index contributed by atoms with van der Waals surface area (Å²) in [5, 5.41) is 6.44. The Morgan fingerprint density at radius 3 is 2.41 bits per heavy atom. The second-order valence-electron chi connectivity index (χ2n) is 20.4. The van der Waals surface area contributed by atoms with Crippen molar-refractivity contribution in [3.05, 3.63) is 23.8 Å². The number of esters is 1. The van der Waals surface area contributed by atoms with E-state index in [9.17, 15) is 19.2 Å². The van der Waals surface area contributed by atoms with Gasteiger partial charge >= 0.3 is 12.0 Å². The molecule has 5 unspecified atom stereocenters. The van der Waals surface area contributed by atoms with Gasteiger partial charge in [-0.3, -0.25) is 14.4 Å². The van der Waals surface area contributed by atoms with Gasteiger partial charge in [0.25, 0.3) is 0 Å². The van der Waals surface area contributed by atoms with Gasteiger partial charge in [0.2, 0.25) is 5.91 Å². The number of ether oxygens (including phenoxy) is 8. The number of unbranched alkanes of at least 4 members (excludes halogenated alkanes) is 1. The third kappa shape index (κ3) is 10.6. The van der Waals surface area contributed by atoms with Crippen LogP contribution in [-0.2, 0) is 52.3 Å². The highest BCUT2D eigenvalue weighted by Crippen LogP contribution is 2.54. The monoisotopic (exact) mass is 944 g/mol. The van der Waals surface area contributed by atoms with Gasteiger partial charge in [-0.1, -0.05) is 38.5 Å². The molecule has 0 aromatic carbocycles. The zero-order valence-corrected chi connectivity index (χ0v) is 41.2. The summed E-state index contributed by atoms with van der Waals surface area (Å²) in [5.41, 5.74) is 0.718. The number of cyclic esters (lactones) is 1. The standard InChI is InChI=1S/C50H77N3O12S/c1-9-30-13-12-14-39(65-43-20-19-38(27(3)61-43)53(5)41(54)16-11-10-15-40-44-37(25-66-40)51-50(57)52-44)26(2)45(56)36-23-34-32(35(36)24-42(55)63-30)18-17-29-21-31(22-33(29)34)64-49-48(60-8)47(59-7)46(58-6)28(4)62-49/h17-18,23,26-35,37-40,43-44,46-49H,9-16,19-22,24-25H2,1-8H3,(H2,51,52,57)/t26-,27?,28?,29-,30+,31-,32-,33-,34-,35+,37+,38+,39+,40?,43+,44+,46+,47?,48?,49+/m1/s1. The lowest BCUT2D eigenvalue weighted by Crippen LogP contribution is -2.59. The molecule has 0 radical (unpaired) electrons. The number of nitrogens with zero attached hydrogens (tertiary/aromatic N) is 1. The molecule has 6 fully saturated rings. The third-order valence-electron chi connectivity index (χ3n) is 16.5. The van der Waals surface area contributed by atoms with Crippen molar-refractivity contribution in [1.82, 2.24) is 15.5 Å². The summed E-state index contributed by atoms with van der Waals surface area (Å²) in [5.74, 6) is 0.657. The number of fused-ring (bicyclic) bond motifs is 6. The van der Waals surface area contributed by atoms with Crippen molar-refractivity contribution in [3.63, 3.8) is 0 Å². The third-order valence-corrected chi connectivity index (χ3v) is 18.1. The quantitative estimate of drug-likeness (QED) is 0.0887. The second-order valence-corrected chi connectivity index (χ2v) is 21.7. The molecule has 0 bridgehead atoms. The summed E-state index contributed by atoms with van der Waals surface area (Å²) in [7, 11) is 6.83. The molecule has 15 nitrogen and oxygen atoms in total. The normalized spacial score (nSPS) is 43.6. The van der Waals surface area contributed by atoms with Gasteiger partial charge in [0.15, 0.2) is 18.4 Å². The van der Waals surface area contributed by atoms with Crippen LogP contribution in [0.2, 0.25) is 0 Å². The van der Waals surface area contributed by atoms with Crippen molar-refractivity contribution in [2.75, 3.05) is 34.1 Å². The number of hydrogen-bond acceptors (Lipinski definition) is 13. The summed E-state index contributed by atoms with van der Waals surface area (Å²) in [6.45, 7) is 8.01. The fraction of sp³-hybridized carbons (Fsp3) is 0.840. The number of carbonyl (C=O) groups is 4. The molecule has 20 atom stereocenters. The van der Waals surface area contributed by atoms with Crippen LogP contribution in [0.4, 0.5) is 4.79 Å². The van der Waals surface area contributed by atoms with Crippen molar-refractivity contribution in [2.45, 2.75) is 196 Å².